The first kappa shape index (κ1) is 11.8. The number of hydrogen-bond donors (Lipinski definition) is 2. The van der Waals surface area contributed by atoms with Gasteiger partial charge in [-0.3, -0.25) is 0 Å². The average Bonchev–Trinajstić information content (AvgIpc) is 2.17. The molecule has 0 bridgehead atoms. The van der Waals surface area contributed by atoms with Crippen LogP contribution in [-0.4, -0.2) is 27.2 Å². The van der Waals surface area contributed by atoms with Crippen molar-refractivity contribution in [1.82, 2.24) is 4.72 Å². The van der Waals surface area contributed by atoms with Crippen LogP contribution in [0, 0.1) is 0 Å². The van der Waals surface area contributed by atoms with Gasteiger partial charge in [0.2, 0.25) is 10.0 Å². The number of phenols is 1. The molecule has 0 saturated carbocycles. The molecule has 0 aliphatic carbocycles. The lowest BCUT2D eigenvalue weighted by Crippen LogP contribution is -2.22. The second-order valence-electron chi connectivity index (χ2n) is 2.83. The van der Waals surface area contributed by atoms with Crippen LogP contribution < -0.4 is 9.46 Å². The summed E-state index contributed by atoms with van der Waals surface area (Å²) in [6.45, 7) is 1.98. The van der Waals surface area contributed by atoms with Gasteiger partial charge in [-0.1, -0.05) is 6.92 Å². The van der Waals surface area contributed by atoms with Crippen LogP contribution in [0.2, 0.25) is 0 Å². The van der Waals surface area contributed by atoms with Crippen molar-refractivity contribution in [2.24, 2.45) is 0 Å². The number of rotatable bonds is 4. The zero-order valence-electron chi connectivity index (χ0n) is 8.52. The summed E-state index contributed by atoms with van der Waals surface area (Å²) in [6, 6.07) is 3.92. The topological polar surface area (TPSA) is 75.6 Å². The van der Waals surface area contributed by atoms with Gasteiger partial charge in [0.15, 0.2) is 11.5 Å². The molecular formula is C9H13NO4S. The normalized spacial score (nSPS) is 11.3. The number of ether oxygens (including phenoxy) is 1. The number of aromatic hydroxyl groups is 1. The van der Waals surface area contributed by atoms with Crippen LogP contribution in [0.3, 0.4) is 0 Å². The van der Waals surface area contributed by atoms with Crippen molar-refractivity contribution in [3.63, 3.8) is 0 Å². The monoisotopic (exact) mass is 231 g/mol. The number of nitrogens with one attached hydrogen (secondary N) is 1. The Hall–Kier alpha value is -1.27. The molecule has 15 heavy (non-hydrogen) atoms. The smallest absolute Gasteiger partial charge is 0.240 e. The number of benzene rings is 1. The van der Waals surface area contributed by atoms with Crippen LogP contribution in [0.15, 0.2) is 23.1 Å². The van der Waals surface area contributed by atoms with Crippen molar-refractivity contribution in [2.45, 2.75) is 11.8 Å². The highest BCUT2D eigenvalue weighted by molar-refractivity contribution is 7.89. The molecule has 1 rings (SSSR count). The quantitative estimate of drug-likeness (QED) is 0.799. The van der Waals surface area contributed by atoms with E-state index in [1.807, 2.05) is 0 Å². The summed E-state index contributed by atoms with van der Waals surface area (Å²) in [5.74, 6) is 0.0435. The molecule has 0 fully saturated rings. The molecule has 0 heterocycles. The van der Waals surface area contributed by atoms with Crippen molar-refractivity contribution >= 4 is 10.0 Å². The molecule has 0 saturated heterocycles. The summed E-state index contributed by atoms with van der Waals surface area (Å²) < 4.78 is 30.2. The van der Waals surface area contributed by atoms with E-state index in [2.05, 4.69) is 4.72 Å². The molecule has 1 aromatic rings. The summed E-state index contributed by atoms with van der Waals surface area (Å²) in [4.78, 5) is 0.0163. The van der Waals surface area contributed by atoms with Gasteiger partial charge in [0, 0.05) is 12.6 Å². The summed E-state index contributed by atoms with van der Waals surface area (Å²) in [5.41, 5.74) is 0. The predicted octanol–water partition coefficient (Wildman–Crippen LogP) is 0.699. The Kier molecular flexibility index (Phi) is 3.54. The Labute approximate surface area is 88.7 Å². The van der Waals surface area contributed by atoms with E-state index in [9.17, 15) is 13.5 Å². The van der Waals surface area contributed by atoms with Gasteiger partial charge in [-0.05, 0) is 12.1 Å². The fraction of sp³-hybridized carbons (Fsp3) is 0.333. The molecule has 0 amide bonds. The largest absolute Gasteiger partial charge is 0.504 e. The van der Waals surface area contributed by atoms with Gasteiger partial charge in [0.05, 0.1) is 12.0 Å². The van der Waals surface area contributed by atoms with Gasteiger partial charge in [-0.25, -0.2) is 13.1 Å². The van der Waals surface area contributed by atoms with E-state index in [0.717, 1.165) is 6.07 Å². The van der Waals surface area contributed by atoms with Crippen LogP contribution in [0.5, 0.6) is 11.5 Å². The number of sulfonamides is 1. The van der Waals surface area contributed by atoms with Crippen molar-refractivity contribution in [2.75, 3.05) is 13.7 Å². The maximum absolute atomic E-state index is 11.5. The Balaban J connectivity index is 3.13. The Morgan fingerprint density at radius 2 is 2.13 bits per heavy atom. The first-order valence-electron chi connectivity index (χ1n) is 4.38. The molecule has 1 aromatic carbocycles. The lowest BCUT2D eigenvalue weighted by molar-refractivity contribution is 0.372. The minimum absolute atomic E-state index is 0.0163. The first-order chi connectivity index (χ1) is 7.01. The SMILES string of the molecule is CCNS(=O)(=O)c1ccc(OC)c(O)c1. The Bertz CT molecular complexity index is 441. The highest BCUT2D eigenvalue weighted by Gasteiger charge is 2.14. The third-order valence-corrected chi connectivity index (χ3v) is 3.34. The molecule has 2 N–H and O–H groups in total. The van der Waals surface area contributed by atoms with Gasteiger partial charge in [-0.2, -0.15) is 0 Å². The Morgan fingerprint density at radius 1 is 1.47 bits per heavy atom. The summed E-state index contributed by atoms with van der Waals surface area (Å²) in [6.07, 6.45) is 0. The third-order valence-electron chi connectivity index (χ3n) is 1.79. The molecule has 84 valence electrons. The standard InChI is InChI=1S/C9H13NO4S/c1-3-10-15(12,13)7-4-5-9(14-2)8(11)6-7/h4-6,10-11H,3H2,1-2H3. The average molecular weight is 231 g/mol. The van der Waals surface area contributed by atoms with E-state index >= 15 is 0 Å². The van der Waals surface area contributed by atoms with Crippen LogP contribution in [0.4, 0.5) is 0 Å². The van der Waals surface area contributed by atoms with Gasteiger partial charge in [-0.15, -0.1) is 0 Å². The number of methoxy groups -OCH3 is 1. The first-order valence-corrected chi connectivity index (χ1v) is 5.86. The molecular weight excluding hydrogens is 218 g/mol. The summed E-state index contributed by atoms with van der Waals surface area (Å²) in [7, 11) is -2.13. The fourth-order valence-corrected chi connectivity index (χ4v) is 2.17. The molecule has 0 radical (unpaired) electrons. The number of hydrogen-bond acceptors (Lipinski definition) is 4. The molecule has 6 heteroatoms. The predicted molar refractivity (Wildman–Crippen MR) is 55.5 cm³/mol. The summed E-state index contributed by atoms with van der Waals surface area (Å²) >= 11 is 0. The summed E-state index contributed by atoms with van der Waals surface area (Å²) in [5, 5.41) is 9.41. The van der Waals surface area contributed by atoms with E-state index in [0.29, 0.717) is 6.54 Å². The van der Waals surface area contributed by atoms with Gasteiger partial charge in [0.25, 0.3) is 0 Å². The maximum atomic E-state index is 11.5. The van der Waals surface area contributed by atoms with Crippen molar-refractivity contribution < 1.29 is 18.3 Å². The second kappa shape index (κ2) is 4.50. The fourth-order valence-electron chi connectivity index (χ4n) is 1.11. The van der Waals surface area contributed by atoms with Gasteiger partial charge in [0.1, 0.15) is 0 Å². The Morgan fingerprint density at radius 3 is 2.60 bits per heavy atom. The molecule has 0 atom stereocenters. The van der Waals surface area contributed by atoms with Crippen molar-refractivity contribution in [1.29, 1.82) is 0 Å². The van der Waals surface area contributed by atoms with E-state index in [1.54, 1.807) is 6.92 Å². The molecule has 0 aliphatic rings. The van der Waals surface area contributed by atoms with E-state index in [-0.39, 0.29) is 16.4 Å². The number of phenolic OH excluding ortho intramolecular Hbond substituents is 1. The van der Waals surface area contributed by atoms with Gasteiger partial charge < -0.3 is 9.84 Å². The highest BCUT2D eigenvalue weighted by atomic mass is 32.2. The van der Waals surface area contributed by atoms with Crippen LogP contribution in [0.1, 0.15) is 6.92 Å². The van der Waals surface area contributed by atoms with E-state index < -0.39 is 10.0 Å². The lowest BCUT2D eigenvalue weighted by atomic mass is 10.3. The lowest BCUT2D eigenvalue weighted by Gasteiger charge is -2.07. The molecule has 0 unspecified atom stereocenters. The molecule has 5 nitrogen and oxygen atoms in total. The highest BCUT2D eigenvalue weighted by Crippen LogP contribution is 2.27. The zero-order valence-corrected chi connectivity index (χ0v) is 9.34. The van der Waals surface area contributed by atoms with Crippen LogP contribution in [-0.2, 0) is 10.0 Å². The van der Waals surface area contributed by atoms with E-state index in [1.165, 1.54) is 19.2 Å². The minimum atomic E-state index is -3.52. The zero-order chi connectivity index (χ0) is 11.5. The molecule has 0 spiro atoms. The van der Waals surface area contributed by atoms with Crippen LogP contribution >= 0.6 is 0 Å². The van der Waals surface area contributed by atoms with Crippen LogP contribution in [0.25, 0.3) is 0 Å². The van der Waals surface area contributed by atoms with Crippen molar-refractivity contribution in [3.05, 3.63) is 18.2 Å². The second-order valence-corrected chi connectivity index (χ2v) is 4.60. The third kappa shape index (κ3) is 2.60. The van der Waals surface area contributed by atoms with Gasteiger partial charge >= 0.3 is 0 Å². The minimum Gasteiger partial charge on any atom is -0.504 e. The molecule has 0 aromatic heterocycles. The van der Waals surface area contributed by atoms with Crippen molar-refractivity contribution in [3.8, 4) is 11.5 Å². The van der Waals surface area contributed by atoms with E-state index in [4.69, 9.17) is 4.74 Å². The molecule has 0 aliphatic heterocycles. The maximum Gasteiger partial charge on any atom is 0.240 e.